The number of aromatic nitrogens is 1. The van der Waals surface area contributed by atoms with Crippen LogP contribution >= 0.6 is 0 Å². The summed E-state index contributed by atoms with van der Waals surface area (Å²) in [5.74, 6) is 1.94. The smallest absolute Gasteiger partial charge is 0.231 e. The highest BCUT2D eigenvalue weighted by Gasteiger charge is 2.20. The van der Waals surface area contributed by atoms with Crippen molar-refractivity contribution in [2.45, 2.75) is 39.9 Å². The number of ketones is 1. The molecule has 2 aromatic rings. The predicted octanol–water partition coefficient (Wildman–Crippen LogP) is 3.07. The lowest BCUT2D eigenvalue weighted by atomic mass is 9.87. The third-order valence-corrected chi connectivity index (χ3v) is 4.38. The number of hydrogen-bond acceptors (Lipinski definition) is 7. The van der Waals surface area contributed by atoms with Crippen molar-refractivity contribution < 1.29 is 23.5 Å². The molecule has 0 radical (unpaired) electrons. The Morgan fingerprint density at radius 3 is 2.85 bits per heavy atom. The van der Waals surface area contributed by atoms with Crippen LogP contribution in [0, 0.1) is 5.41 Å². The van der Waals surface area contributed by atoms with Crippen LogP contribution in [0.15, 0.2) is 28.8 Å². The third-order valence-electron chi connectivity index (χ3n) is 4.38. The van der Waals surface area contributed by atoms with Crippen molar-refractivity contribution in [1.29, 1.82) is 0 Å². The normalized spacial score (nSPS) is 13.2. The van der Waals surface area contributed by atoms with Crippen molar-refractivity contribution in [2.75, 3.05) is 13.3 Å². The Morgan fingerprint density at radius 2 is 2.04 bits per heavy atom. The number of benzene rings is 1. The molecule has 7 nitrogen and oxygen atoms in total. The summed E-state index contributed by atoms with van der Waals surface area (Å²) >= 11 is 0. The van der Waals surface area contributed by atoms with Gasteiger partial charge in [-0.05, 0) is 36.1 Å². The first-order chi connectivity index (χ1) is 12.5. The molecule has 1 aliphatic rings. The zero-order valence-corrected chi connectivity index (χ0v) is 15.1. The minimum atomic E-state index is -0.0596. The maximum absolute atomic E-state index is 12.2. The molecular formula is C19H24N2O5. The number of ether oxygens (including phenoxy) is 3. The number of nitrogens with zero attached hydrogens (tertiary/aromatic N) is 1. The summed E-state index contributed by atoms with van der Waals surface area (Å²) in [6, 6.07) is 7.30. The molecule has 140 valence electrons. The van der Waals surface area contributed by atoms with Crippen LogP contribution in [0.2, 0.25) is 0 Å². The molecule has 2 N–H and O–H groups in total. The highest BCUT2D eigenvalue weighted by molar-refractivity contribution is 5.94. The molecule has 1 aromatic carbocycles. The second kappa shape index (κ2) is 7.88. The summed E-state index contributed by atoms with van der Waals surface area (Å²) in [5, 5.41) is 3.84. The van der Waals surface area contributed by atoms with E-state index in [2.05, 4.69) is 5.16 Å². The van der Waals surface area contributed by atoms with E-state index in [1.165, 1.54) is 0 Å². The first-order valence-electron chi connectivity index (χ1n) is 8.62. The maximum atomic E-state index is 12.2. The van der Waals surface area contributed by atoms with E-state index < -0.39 is 0 Å². The van der Waals surface area contributed by atoms with Gasteiger partial charge in [-0.15, -0.1) is 0 Å². The van der Waals surface area contributed by atoms with Crippen LogP contribution in [0.4, 0.5) is 0 Å². The van der Waals surface area contributed by atoms with Gasteiger partial charge in [0.15, 0.2) is 23.0 Å². The number of rotatable bonds is 9. The van der Waals surface area contributed by atoms with Crippen LogP contribution in [0.3, 0.4) is 0 Å². The molecule has 26 heavy (non-hydrogen) atoms. The molecule has 0 saturated carbocycles. The van der Waals surface area contributed by atoms with Gasteiger partial charge in [0.1, 0.15) is 12.3 Å². The van der Waals surface area contributed by atoms with Gasteiger partial charge in [-0.1, -0.05) is 25.1 Å². The summed E-state index contributed by atoms with van der Waals surface area (Å²) in [4.78, 5) is 12.2. The molecular weight excluding hydrogens is 336 g/mol. The number of carbonyl (C=O) groups excluding carboxylic acids is 1. The Morgan fingerprint density at radius 1 is 1.23 bits per heavy atom. The average Bonchev–Trinajstić information content (AvgIpc) is 3.28. The van der Waals surface area contributed by atoms with Crippen LogP contribution in [-0.2, 0) is 18.0 Å². The van der Waals surface area contributed by atoms with E-state index in [0.29, 0.717) is 37.4 Å². The third kappa shape index (κ3) is 4.62. The first kappa shape index (κ1) is 18.4. The molecule has 0 aliphatic carbocycles. The topological polar surface area (TPSA) is 96.8 Å². The zero-order valence-electron chi connectivity index (χ0n) is 15.1. The van der Waals surface area contributed by atoms with Crippen molar-refractivity contribution in [3.63, 3.8) is 0 Å². The molecule has 0 spiro atoms. The van der Waals surface area contributed by atoms with Crippen LogP contribution < -0.4 is 15.2 Å². The van der Waals surface area contributed by atoms with Crippen LogP contribution in [0.25, 0.3) is 0 Å². The largest absolute Gasteiger partial charge is 0.454 e. The fourth-order valence-electron chi connectivity index (χ4n) is 2.49. The summed E-state index contributed by atoms with van der Waals surface area (Å²) in [7, 11) is 0. The summed E-state index contributed by atoms with van der Waals surface area (Å²) in [6.45, 7) is 5.50. The van der Waals surface area contributed by atoms with Crippen molar-refractivity contribution in [1.82, 2.24) is 5.16 Å². The number of nitrogens with two attached hydrogens (primary N) is 1. The molecule has 3 rings (SSSR count). The Hall–Kier alpha value is -2.38. The van der Waals surface area contributed by atoms with Gasteiger partial charge in [0.2, 0.25) is 6.79 Å². The van der Waals surface area contributed by atoms with Gasteiger partial charge in [-0.3, -0.25) is 4.79 Å². The SMILES string of the molecule is CC(C)(CN)CCC(=O)c1cc(COCc2ccc3c(c2)OCO3)on1. The van der Waals surface area contributed by atoms with Gasteiger partial charge in [0.25, 0.3) is 0 Å². The first-order valence-corrected chi connectivity index (χ1v) is 8.62. The maximum Gasteiger partial charge on any atom is 0.231 e. The van der Waals surface area contributed by atoms with Gasteiger partial charge in [-0.2, -0.15) is 0 Å². The summed E-state index contributed by atoms with van der Waals surface area (Å²) in [5.41, 5.74) is 6.93. The van der Waals surface area contributed by atoms with Crippen LogP contribution in [0.1, 0.15) is 48.5 Å². The van der Waals surface area contributed by atoms with Crippen molar-refractivity contribution >= 4 is 5.78 Å². The minimum absolute atomic E-state index is 0.0442. The van der Waals surface area contributed by atoms with E-state index in [1.807, 2.05) is 32.0 Å². The Bertz CT molecular complexity index is 769. The molecule has 0 amide bonds. The number of Topliss-reactive ketones (excluding diaryl/α,β-unsaturated/α-hetero) is 1. The number of carbonyl (C=O) groups is 1. The number of fused-ring (bicyclic) bond motifs is 1. The summed E-state index contributed by atoms with van der Waals surface area (Å²) < 4.78 is 21.4. The van der Waals surface area contributed by atoms with E-state index in [9.17, 15) is 4.79 Å². The molecule has 0 bridgehead atoms. The summed E-state index contributed by atoms with van der Waals surface area (Å²) in [6.07, 6.45) is 1.11. The molecule has 0 atom stereocenters. The van der Waals surface area contributed by atoms with E-state index >= 15 is 0 Å². The molecule has 1 aromatic heterocycles. The van der Waals surface area contributed by atoms with Crippen LogP contribution in [-0.4, -0.2) is 24.3 Å². The van der Waals surface area contributed by atoms with E-state index in [1.54, 1.807) is 6.07 Å². The van der Waals surface area contributed by atoms with Crippen molar-refractivity contribution in [3.8, 4) is 11.5 Å². The molecule has 0 unspecified atom stereocenters. The molecule has 7 heteroatoms. The molecule has 0 saturated heterocycles. The minimum Gasteiger partial charge on any atom is -0.454 e. The highest BCUT2D eigenvalue weighted by Crippen LogP contribution is 2.32. The Kier molecular flexibility index (Phi) is 5.58. The highest BCUT2D eigenvalue weighted by atomic mass is 16.7. The second-order valence-corrected chi connectivity index (χ2v) is 7.15. The van der Waals surface area contributed by atoms with Crippen LogP contribution in [0.5, 0.6) is 11.5 Å². The van der Waals surface area contributed by atoms with E-state index in [4.69, 9.17) is 24.5 Å². The van der Waals surface area contributed by atoms with Crippen molar-refractivity contribution in [3.05, 3.63) is 41.3 Å². The standard InChI is InChI=1S/C19H24N2O5/c1-19(2,11-20)6-5-16(22)15-8-14(26-21-15)10-23-9-13-3-4-17-18(7-13)25-12-24-17/h3-4,7-8H,5-6,9-12,20H2,1-2H3. The lowest BCUT2D eigenvalue weighted by Gasteiger charge is -2.21. The Labute approximate surface area is 152 Å². The molecule has 0 fully saturated rings. The Balaban J connectivity index is 1.47. The van der Waals surface area contributed by atoms with Gasteiger partial charge in [0, 0.05) is 12.5 Å². The fraction of sp³-hybridized carbons (Fsp3) is 0.474. The van der Waals surface area contributed by atoms with Gasteiger partial charge < -0.3 is 24.5 Å². The lowest BCUT2D eigenvalue weighted by Crippen LogP contribution is -2.24. The van der Waals surface area contributed by atoms with E-state index in [-0.39, 0.29) is 24.6 Å². The van der Waals surface area contributed by atoms with Crippen molar-refractivity contribution in [2.24, 2.45) is 11.1 Å². The predicted molar refractivity (Wildman–Crippen MR) is 94.0 cm³/mol. The monoisotopic (exact) mass is 360 g/mol. The second-order valence-electron chi connectivity index (χ2n) is 7.15. The van der Waals surface area contributed by atoms with Gasteiger partial charge >= 0.3 is 0 Å². The molecule has 2 heterocycles. The van der Waals surface area contributed by atoms with Gasteiger partial charge in [0.05, 0.1) is 6.61 Å². The fourth-order valence-corrected chi connectivity index (χ4v) is 2.49. The zero-order chi connectivity index (χ0) is 18.6. The van der Waals surface area contributed by atoms with E-state index in [0.717, 1.165) is 17.1 Å². The number of hydrogen-bond donors (Lipinski definition) is 1. The quantitative estimate of drug-likeness (QED) is 0.686. The molecule has 1 aliphatic heterocycles. The average molecular weight is 360 g/mol. The lowest BCUT2D eigenvalue weighted by molar-refractivity contribution is 0.0877. The van der Waals surface area contributed by atoms with Gasteiger partial charge in [-0.25, -0.2) is 0 Å².